The third-order valence-corrected chi connectivity index (χ3v) is 8.73. The monoisotopic (exact) mass is 544 g/mol. The Morgan fingerprint density at radius 3 is 2.52 bits per heavy atom. The quantitative estimate of drug-likeness (QED) is 0.408. The molecule has 1 atom stereocenters. The molecule has 1 aromatic carbocycles. The fourth-order valence-corrected chi connectivity index (χ4v) is 6.25. The summed E-state index contributed by atoms with van der Waals surface area (Å²) in [6.45, 7) is 11.8. The molecule has 1 aliphatic carbocycles. The largest absolute Gasteiger partial charge is 0.348 e. The van der Waals surface area contributed by atoms with E-state index in [1.165, 1.54) is 25.7 Å². The third-order valence-electron chi connectivity index (χ3n) is 8.73. The number of nitrogens with one attached hydrogen (secondary N) is 2. The summed E-state index contributed by atoms with van der Waals surface area (Å²) in [4.78, 5) is 47.5. The van der Waals surface area contributed by atoms with Crippen LogP contribution in [0.1, 0.15) is 96.2 Å². The summed E-state index contributed by atoms with van der Waals surface area (Å²) in [7, 11) is 0. The number of aryl methyl sites for hydroxylation is 3. The van der Waals surface area contributed by atoms with Gasteiger partial charge in [-0.3, -0.25) is 19.4 Å². The van der Waals surface area contributed by atoms with Gasteiger partial charge >= 0.3 is 0 Å². The molecule has 40 heavy (non-hydrogen) atoms. The SMILES string of the molecule is CCC(CN=Cc1c(C)cc(C2=CCN(C(C)=O)CC2)cc1C(=O)NCc1c(C)cc(C)[nH]c1=O)C1CCCC1. The van der Waals surface area contributed by atoms with Crippen molar-refractivity contribution in [3.63, 3.8) is 0 Å². The molecule has 2 amide bonds. The van der Waals surface area contributed by atoms with Crippen molar-refractivity contribution in [1.29, 1.82) is 0 Å². The summed E-state index contributed by atoms with van der Waals surface area (Å²) < 4.78 is 0. The summed E-state index contributed by atoms with van der Waals surface area (Å²) in [6.07, 6.45) is 11.0. The number of hydrogen-bond donors (Lipinski definition) is 2. The average molecular weight is 545 g/mol. The minimum Gasteiger partial charge on any atom is -0.348 e. The lowest BCUT2D eigenvalue weighted by atomic mass is 9.89. The minimum absolute atomic E-state index is 0.0717. The van der Waals surface area contributed by atoms with Gasteiger partial charge in [-0.25, -0.2) is 0 Å². The lowest BCUT2D eigenvalue weighted by molar-refractivity contribution is -0.128. The molecule has 0 radical (unpaired) electrons. The zero-order chi connectivity index (χ0) is 28.8. The molecule has 214 valence electrons. The number of amides is 2. The highest BCUT2D eigenvalue weighted by Crippen LogP contribution is 2.33. The van der Waals surface area contributed by atoms with Crippen LogP contribution in [0.4, 0.5) is 0 Å². The number of nitrogens with zero attached hydrogens (tertiary/aromatic N) is 2. The van der Waals surface area contributed by atoms with Gasteiger partial charge in [-0.05, 0) is 73.4 Å². The molecule has 1 fully saturated rings. The van der Waals surface area contributed by atoms with Gasteiger partial charge in [0.1, 0.15) is 0 Å². The smallest absolute Gasteiger partial charge is 0.253 e. The summed E-state index contributed by atoms with van der Waals surface area (Å²) in [5, 5.41) is 3.00. The van der Waals surface area contributed by atoms with Crippen LogP contribution in [0.25, 0.3) is 5.57 Å². The van der Waals surface area contributed by atoms with Crippen LogP contribution in [0, 0.1) is 32.6 Å². The zero-order valence-corrected chi connectivity index (χ0v) is 24.7. The molecular formula is C33H44N4O3. The first-order chi connectivity index (χ1) is 19.2. The van der Waals surface area contributed by atoms with Crippen molar-refractivity contribution >= 4 is 23.6 Å². The first-order valence-corrected chi connectivity index (χ1v) is 14.7. The molecule has 1 unspecified atom stereocenters. The topological polar surface area (TPSA) is 94.6 Å². The van der Waals surface area contributed by atoms with Gasteiger partial charge < -0.3 is 15.2 Å². The fraction of sp³-hybridized carbons (Fsp3) is 0.515. The van der Waals surface area contributed by atoms with E-state index in [-0.39, 0.29) is 23.9 Å². The summed E-state index contributed by atoms with van der Waals surface area (Å²) >= 11 is 0. The van der Waals surface area contributed by atoms with Crippen LogP contribution in [0.5, 0.6) is 0 Å². The lowest BCUT2D eigenvalue weighted by Crippen LogP contribution is -2.32. The number of pyridine rings is 1. The maximum Gasteiger partial charge on any atom is 0.253 e. The second-order valence-electron chi connectivity index (χ2n) is 11.5. The van der Waals surface area contributed by atoms with Crippen LogP contribution in [-0.4, -0.2) is 47.5 Å². The number of aromatic nitrogens is 1. The molecule has 2 N–H and O–H groups in total. The van der Waals surface area contributed by atoms with Crippen molar-refractivity contribution in [2.45, 2.75) is 79.7 Å². The van der Waals surface area contributed by atoms with Gasteiger partial charge in [0.2, 0.25) is 5.91 Å². The van der Waals surface area contributed by atoms with Crippen LogP contribution >= 0.6 is 0 Å². The Labute approximate surface area is 238 Å². The predicted octanol–water partition coefficient (Wildman–Crippen LogP) is 5.50. The van der Waals surface area contributed by atoms with Crippen molar-refractivity contribution < 1.29 is 9.59 Å². The second-order valence-corrected chi connectivity index (χ2v) is 11.5. The highest BCUT2D eigenvalue weighted by atomic mass is 16.2. The Balaban J connectivity index is 1.62. The number of hydrogen-bond acceptors (Lipinski definition) is 4. The molecule has 7 heteroatoms. The maximum absolute atomic E-state index is 13.7. The van der Waals surface area contributed by atoms with E-state index in [2.05, 4.69) is 29.4 Å². The average Bonchev–Trinajstić information content (AvgIpc) is 3.45. The molecule has 2 aromatic rings. The van der Waals surface area contributed by atoms with Crippen LogP contribution in [0.2, 0.25) is 0 Å². The minimum atomic E-state index is -0.226. The first-order valence-electron chi connectivity index (χ1n) is 14.7. The van der Waals surface area contributed by atoms with Crippen LogP contribution in [0.15, 0.2) is 34.1 Å². The molecule has 0 saturated heterocycles. The molecule has 7 nitrogen and oxygen atoms in total. The van der Waals surface area contributed by atoms with E-state index in [9.17, 15) is 14.4 Å². The first kappa shape index (κ1) is 29.5. The Morgan fingerprint density at radius 1 is 1.15 bits per heavy atom. The van der Waals surface area contributed by atoms with E-state index in [0.717, 1.165) is 58.8 Å². The fourth-order valence-electron chi connectivity index (χ4n) is 6.25. The van der Waals surface area contributed by atoms with E-state index in [4.69, 9.17) is 4.99 Å². The van der Waals surface area contributed by atoms with Gasteiger partial charge in [-0.2, -0.15) is 0 Å². The van der Waals surface area contributed by atoms with E-state index >= 15 is 0 Å². The molecule has 4 rings (SSSR count). The van der Waals surface area contributed by atoms with E-state index in [1.807, 2.05) is 44.0 Å². The number of aliphatic imine (C=N–C) groups is 1. The Morgan fingerprint density at radius 2 is 1.90 bits per heavy atom. The summed E-state index contributed by atoms with van der Waals surface area (Å²) in [5.41, 5.74) is 6.52. The summed E-state index contributed by atoms with van der Waals surface area (Å²) in [6, 6.07) is 5.98. The van der Waals surface area contributed by atoms with E-state index in [1.54, 1.807) is 6.92 Å². The molecule has 1 aliphatic heterocycles. The van der Waals surface area contributed by atoms with Gasteiger partial charge in [-0.15, -0.1) is 0 Å². The van der Waals surface area contributed by atoms with E-state index in [0.29, 0.717) is 30.1 Å². The summed E-state index contributed by atoms with van der Waals surface area (Å²) in [5.74, 6) is 1.17. The van der Waals surface area contributed by atoms with Crippen molar-refractivity contribution in [1.82, 2.24) is 15.2 Å². The lowest BCUT2D eigenvalue weighted by Gasteiger charge is -2.26. The highest BCUT2D eigenvalue weighted by molar-refractivity contribution is 6.04. The highest BCUT2D eigenvalue weighted by Gasteiger charge is 2.24. The molecule has 1 saturated carbocycles. The predicted molar refractivity (Wildman–Crippen MR) is 162 cm³/mol. The Hall–Kier alpha value is -3.48. The maximum atomic E-state index is 13.7. The van der Waals surface area contributed by atoms with Crippen molar-refractivity contribution in [2.24, 2.45) is 16.8 Å². The van der Waals surface area contributed by atoms with Gasteiger partial charge in [0.05, 0.1) is 0 Å². The van der Waals surface area contributed by atoms with Gasteiger partial charge in [0, 0.05) is 61.7 Å². The van der Waals surface area contributed by atoms with Crippen molar-refractivity contribution in [2.75, 3.05) is 19.6 Å². The standard InChI is InChI=1S/C33H44N4O3/c1-6-25(26-9-7-8-10-26)18-34-19-30-22(3)16-28(27-11-13-37(14-12-27)24(5)38)17-29(30)32(39)35-20-31-21(2)15-23(4)36-33(31)40/h11,15-17,19,25-26H,6-10,12-14,18,20H2,1-5H3,(H,35,39)(H,36,40). The van der Waals surface area contributed by atoms with Gasteiger partial charge in [-0.1, -0.05) is 51.2 Å². The normalized spacial score (nSPS) is 16.8. The van der Waals surface area contributed by atoms with Crippen molar-refractivity contribution in [3.05, 3.63) is 73.7 Å². The molecule has 0 bridgehead atoms. The van der Waals surface area contributed by atoms with Crippen LogP contribution < -0.4 is 10.9 Å². The van der Waals surface area contributed by atoms with Crippen LogP contribution in [-0.2, 0) is 11.3 Å². The number of rotatable bonds is 9. The number of carbonyl (C=O) groups is 2. The third kappa shape index (κ3) is 6.98. The molecule has 2 heterocycles. The second kappa shape index (κ2) is 13.2. The number of aromatic amines is 1. The van der Waals surface area contributed by atoms with Crippen LogP contribution in [0.3, 0.4) is 0 Å². The van der Waals surface area contributed by atoms with Gasteiger partial charge in [0.25, 0.3) is 11.5 Å². The number of benzene rings is 1. The molecule has 0 spiro atoms. The van der Waals surface area contributed by atoms with Crippen molar-refractivity contribution in [3.8, 4) is 0 Å². The molecular weight excluding hydrogens is 500 g/mol. The number of H-pyrrole nitrogens is 1. The molecule has 1 aromatic heterocycles. The number of carbonyl (C=O) groups excluding carboxylic acids is 2. The zero-order valence-electron chi connectivity index (χ0n) is 24.7. The Bertz CT molecular complexity index is 1360. The van der Waals surface area contributed by atoms with Gasteiger partial charge in [0.15, 0.2) is 0 Å². The Kier molecular flexibility index (Phi) is 9.77. The van der Waals surface area contributed by atoms with E-state index < -0.39 is 0 Å². The molecule has 2 aliphatic rings.